The summed E-state index contributed by atoms with van der Waals surface area (Å²) in [6.07, 6.45) is 6.75. The standard InChI is InChI=1S/C12H20N4O/c1-10-4-2-5-11(8-13)16(10)12(17)9-15-7-3-6-14-15/h3,6-7,10-11H,2,4-5,8-9,13H2,1H3. The third-order valence-electron chi connectivity index (χ3n) is 3.44. The number of nitrogens with two attached hydrogens (primary N) is 1. The number of piperidine rings is 1. The van der Waals surface area contributed by atoms with Gasteiger partial charge in [0.2, 0.25) is 5.91 Å². The molecule has 0 spiro atoms. The van der Waals surface area contributed by atoms with Crippen LogP contribution >= 0.6 is 0 Å². The summed E-state index contributed by atoms with van der Waals surface area (Å²) in [6, 6.07) is 2.31. The van der Waals surface area contributed by atoms with Crippen LogP contribution in [0.15, 0.2) is 18.5 Å². The van der Waals surface area contributed by atoms with Gasteiger partial charge < -0.3 is 10.6 Å². The number of hydrogen-bond acceptors (Lipinski definition) is 3. The molecule has 1 saturated heterocycles. The Hall–Kier alpha value is -1.36. The minimum atomic E-state index is 0.122. The Morgan fingerprint density at radius 3 is 3.00 bits per heavy atom. The second-order valence-corrected chi connectivity index (χ2v) is 4.67. The zero-order valence-corrected chi connectivity index (χ0v) is 10.2. The minimum Gasteiger partial charge on any atom is -0.334 e. The fourth-order valence-electron chi connectivity index (χ4n) is 2.58. The van der Waals surface area contributed by atoms with Gasteiger partial charge in [-0.2, -0.15) is 5.10 Å². The Kier molecular flexibility index (Phi) is 3.78. The Balaban J connectivity index is 2.05. The Morgan fingerprint density at radius 1 is 1.53 bits per heavy atom. The number of amides is 1. The van der Waals surface area contributed by atoms with Crippen molar-refractivity contribution in [3.63, 3.8) is 0 Å². The predicted octanol–water partition coefficient (Wildman–Crippen LogP) is 0.611. The first-order valence-corrected chi connectivity index (χ1v) is 6.21. The van der Waals surface area contributed by atoms with Gasteiger partial charge in [0, 0.05) is 31.0 Å². The maximum atomic E-state index is 12.3. The molecule has 0 aliphatic carbocycles. The second kappa shape index (κ2) is 5.31. The summed E-state index contributed by atoms with van der Waals surface area (Å²) in [5.41, 5.74) is 5.75. The molecular formula is C12H20N4O. The number of likely N-dealkylation sites (tertiary alicyclic amines) is 1. The van der Waals surface area contributed by atoms with Crippen LogP contribution in [0, 0.1) is 0 Å². The Bertz CT molecular complexity index is 363. The third-order valence-corrected chi connectivity index (χ3v) is 3.44. The topological polar surface area (TPSA) is 64.2 Å². The van der Waals surface area contributed by atoms with Crippen LogP contribution in [0.1, 0.15) is 26.2 Å². The molecular weight excluding hydrogens is 216 g/mol. The highest BCUT2D eigenvalue weighted by molar-refractivity contribution is 5.76. The van der Waals surface area contributed by atoms with E-state index < -0.39 is 0 Å². The van der Waals surface area contributed by atoms with Gasteiger partial charge in [-0.15, -0.1) is 0 Å². The van der Waals surface area contributed by atoms with Gasteiger partial charge >= 0.3 is 0 Å². The molecule has 94 valence electrons. The van der Waals surface area contributed by atoms with Crippen LogP contribution < -0.4 is 5.73 Å². The van der Waals surface area contributed by atoms with Crippen LogP contribution in [-0.4, -0.2) is 39.2 Å². The molecule has 2 N–H and O–H groups in total. The lowest BCUT2D eigenvalue weighted by atomic mass is 9.96. The van der Waals surface area contributed by atoms with Crippen molar-refractivity contribution in [2.24, 2.45) is 5.73 Å². The molecule has 5 heteroatoms. The van der Waals surface area contributed by atoms with Crippen LogP contribution in [0.5, 0.6) is 0 Å². The lowest BCUT2D eigenvalue weighted by Crippen LogP contribution is -2.52. The number of nitrogens with zero attached hydrogens (tertiary/aromatic N) is 3. The number of carbonyl (C=O) groups is 1. The number of rotatable bonds is 3. The molecule has 0 saturated carbocycles. The van der Waals surface area contributed by atoms with Crippen molar-refractivity contribution >= 4 is 5.91 Å². The number of aromatic nitrogens is 2. The van der Waals surface area contributed by atoms with E-state index in [0.717, 1.165) is 19.3 Å². The van der Waals surface area contributed by atoms with Gasteiger partial charge in [-0.1, -0.05) is 0 Å². The maximum Gasteiger partial charge on any atom is 0.244 e. The van der Waals surface area contributed by atoms with E-state index in [1.54, 1.807) is 10.9 Å². The molecule has 0 radical (unpaired) electrons. The predicted molar refractivity (Wildman–Crippen MR) is 65.2 cm³/mol. The monoisotopic (exact) mass is 236 g/mol. The molecule has 2 rings (SSSR count). The van der Waals surface area contributed by atoms with Crippen molar-refractivity contribution in [1.82, 2.24) is 14.7 Å². The highest BCUT2D eigenvalue weighted by Crippen LogP contribution is 2.22. The summed E-state index contributed by atoms with van der Waals surface area (Å²) in [5, 5.41) is 4.06. The zero-order valence-electron chi connectivity index (χ0n) is 10.2. The maximum absolute atomic E-state index is 12.3. The molecule has 0 aromatic carbocycles. The molecule has 17 heavy (non-hydrogen) atoms. The van der Waals surface area contributed by atoms with Gasteiger partial charge in [0.15, 0.2) is 0 Å². The highest BCUT2D eigenvalue weighted by atomic mass is 16.2. The van der Waals surface area contributed by atoms with Gasteiger partial charge in [0.1, 0.15) is 6.54 Å². The quantitative estimate of drug-likeness (QED) is 0.836. The van der Waals surface area contributed by atoms with E-state index in [9.17, 15) is 4.79 Å². The van der Waals surface area contributed by atoms with Gasteiger partial charge in [-0.05, 0) is 32.3 Å². The first-order valence-electron chi connectivity index (χ1n) is 6.21. The zero-order chi connectivity index (χ0) is 12.3. The van der Waals surface area contributed by atoms with E-state index in [-0.39, 0.29) is 11.9 Å². The minimum absolute atomic E-state index is 0.122. The summed E-state index contributed by atoms with van der Waals surface area (Å²) < 4.78 is 1.66. The molecule has 2 atom stereocenters. The summed E-state index contributed by atoms with van der Waals surface area (Å²) in [6.45, 7) is 2.96. The van der Waals surface area contributed by atoms with Crippen LogP contribution in [-0.2, 0) is 11.3 Å². The second-order valence-electron chi connectivity index (χ2n) is 4.67. The fraction of sp³-hybridized carbons (Fsp3) is 0.667. The van der Waals surface area contributed by atoms with Crippen molar-refractivity contribution in [3.8, 4) is 0 Å². The van der Waals surface area contributed by atoms with Gasteiger partial charge in [0.25, 0.3) is 0 Å². The third kappa shape index (κ3) is 2.66. The molecule has 1 aliphatic rings. The average Bonchev–Trinajstić information content (AvgIpc) is 2.81. The van der Waals surface area contributed by atoms with Crippen LogP contribution in [0.4, 0.5) is 0 Å². The molecule has 2 heterocycles. The van der Waals surface area contributed by atoms with Crippen molar-refractivity contribution < 1.29 is 4.79 Å². The normalized spacial score (nSPS) is 24.9. The van der Waals surface area contributed by atoms with E-state index in [1.165, 1.54) is 0 Å². The smallest absolute Gasteiger partial charge is 0.244 e. The van der Waals surface area contributed by atoms with E-state index in [0.29, 0.717) is 19.1 Å². The molecule has 1 aromatic rings. The first kappa shape index (κ1) is 12.1. The number of hydrogen-bond donors (Lipinski definition) is 1. The molecule has 0 bridgehead atoms. The molecule has 2 unspecified atom stereocenters. The first-order chi connectivity index (χ1) is 8.22. The molecule has 1 aliphatic heterocycles. The summed E-state index contributed by atoms with van der Waals surface area (Å²) in [4.78, 5) is 14.2. The molecule has 1 aromatic heterocycles. The lowest BCUT2D eigenvalue weighted by molar-refractivity contribution is -0.138. The van der Waals surface area contributed by atoms with Crippen LogP contribution in [0.2, 0.25) is 0 Å². The molecule has 1 fully saturated rings. The average molecular weight is 236 g/mol. The van der Waals surface area contributed by atoms with E-state index >= 15 is 0 Å². The van der Waals surface area contributed by atoms with Crippen molar-refractivity contribution in [3.05, 3.63) is 18.5 Å². The van der Waals surface area contributed by atoms with E-state index in [2.05, 4.69) is 12.0 Å². The lowest BCUT2D eigenvalue weighted by Gasteiger charge is -2.40. The van der Waals surface area contributed by atoms with E-state index in [4.69, 9.17) is 5.73 Å². The SMILES string of the molecule is CC1CCCC(CN)N1C(=O)Cn1cccn1. The van der Waals surface area contributed by atoms with E-state index in [1.807, 2.05) is 17.2 Å². The Morgan fingerprint density at radius 2 is 2.35 bits per heavy atom. The summed E-state index contributed by atoms with van der Waals surface area (Å²) in [5.74, 6) is 0.122. The largest absolute Gasteiger partial charge is 0.334 e. The van der Waals surface area contributed by atoms with Gasteiger partial charge in [0.05, 0.1) is 0 Å². The van der Waals surface area contributed by atoms with Gasteiger partial charge in [-0.3, -0.25) is 9.48 Å². The van der Waals surface area contributed by atoms with Gasteiger partial charge in [-0.25, -0.2) is 0 Å². The molecule has 5 nitrogen and oxygen atoms in total. The van der Waals surface area contributed by atoms with Crippen molar-refractivity contribution in [2.45, 2.75) is 44.8 Å². The van der Waals surface area contributed by atoms with Crippen molar-refractivity contribution in [2.75, 3.05) is 6.54 Å². The fourth-order valence-corrected chi connectivity index (χ4v) is 2.58. The Labute approximate surface area is 102 Å². The highest BCUT2D eigenvalue weighted by Gasteiger charge is 2.30. The van der Waals surface area contributed by atoms with Crippen LogP contribution in [0.3, 0.4) is 0 Å². The van der Waals surface area contributed by atoms with Crippen molar-refractivity contribution in [1.29, 1.82) is 0 Å². The number of carbonyl (C=O) groups excluding carboxylic acids is 1. The summed E-state index contributed by atoms with van der Waals surface area (Å²) in [7, 11) is 0. The summed E-state index contributed by atoms with van der Waals surface area (Å²) >= 11 is 0. The molecule has 1 amide bonds. The van der Waals surface area contributed by atoms with Crippen LogP contribution in [0.25, 0.3) is 0 Å².